The predicted octanol–water partition coefficient (Wildman–Crippen LogP) is 15.3. The zero-order valence-corrected chi connectivity index (χ0v) is 31.7. The SMILES string of the molecule is c1ccc(C2(c3ccccc3)c3ccccc3-c3cc(-c4oc5ccccc5c4-c4c5ccccc5c(-c5cccc6ccccc56)c5ccccc45)ccc32)cc1. The van der Waals surface area contributed by atoms with Gasteiger partial charge in [0.25, 0.3) is 0 Å². The molecule has 10 aromatic carbocycles. The van der Waals surface area contributed by atoms with E-state index in [-0.39, 0.29) is 0 Å². The van der Waals surface area contributed by atoms with E-state index in [1.54, 1.807) is 0 Å². The van der Waals surface area contributed by atoms with Crippen LogP contribution in [0.5, 0.6) is 0 Å². The Bertz CT molecular complexity index is 3290. The first-order valence-corrected chi connectivity index (χ1v) is 20.1. The molecule has 0 spiro atoms. The van der Waals surface area contributed by atoms with Gasteiger partial charge in [-0.3, -0.25) is 0 Å². The summed E-state index contributed by atoms with van der Waals surface area (Å²) in [6.45, 7) is 0. The number of rotatable bonds is 5. The Morgan fingerprint density at radius 3 is 1.50 bits per heavy atom. The van der Waals surface area contributed by atoms with Crippen LogP contribution in [0.15, 0.2) is 223 Å². The normalized spacial score (nSPS) is 13.0. The molecule has 0 radical (unpaired) electrons. The minimum Gasteiger partial charge on any atom is -0.455 e. The molecule has 12 rings (SSSR count). The topological polar surface area (TPSA) is 13.1 Å². The Morgan fingerprint density at radius 1 is 0.310 bits per heavy atom. The Labute approximate surface area is 337 Å². The van der Waals surface area contributed by atoms with Crippen LogP contribution in [0.25, 0.3) is 88.0 Å². The minimum absolute atomic E-state index is 0.465. The smallest absolute Gasteiger partial charge is 0.143 e. The van der Waals surface area contributed by atoms with E-state index in [0.717, 1.165) is 27.9 Å². The molecule has 0 amide bonds. The second-order valence-corrected chi connectivity index (χ2v) is 15.5. The highest BCUT2D eigenvalue weighted by Crippen LogP contribution is 2.57. The second-order valence-electron chi connectivity index (χ2n) is 15.5. The van der Waals surface area contributed by atoms with E-state index in [2.05, 4.69) is 218 Å². The van der Waals surface area contributed by atoms with Crippen LogP contribution < -0.4 is 0 Å². The number of hydrogen-bond donors (Lipinski definition) is 0. The predicted molar refractivity (Wildman–Crippen MR) is 242 cm³/mol. The highest BCUT2D eigenvalue weighted by molar-refractivity contribution is 6.26. The van der Waals surface area contributed by atoms with Crippen molar-refractivity contribution >= 4 is 43.3 Å². The Balaban J connectivity index is 1.16. The van der Waals surface area contributed by atoms with Gasteiger partial charge in [0.1, 0.15) is 11.3 Å². The fourth-order valence-electron chi connectivity index (χ4n) is 10.2. The van der Waals surface area contributed by atoms with Crippen molar-refractivity contribution < 1.29 is 4.42 Å². The summed E-state index contributed by atoms with van der Waals surface area (Å²) in [6, 6.07) is 79.8. The van der Waals surface area contributed by atoms with Gasteiger partial charge in [-0.2, -0.15) is 0 Å². The van der Waals surface area contributed by atoms with Gasteiger partial charge in [-0.1, -0.05) is 206 Å². The third-order valence-corrected chi connectivity index (χ3v) is 12.6. The summed E-state index contributed by atoms with van der Waals surface area (Å²) < 4.78 is 7.08. The third-order valence-electron chi connectivity index (χ3n) is 12.6. The van der Waals surface area contributed by atoms with E-state index < -0.39 is 5.41 Å². The Morgan fingerprint density at radius 2 is 0.810 bits per heavy atom. The molecule has 0 N–H and O–H groups in total. The third kappa shape index (κ3) is 4.59. The zero-order valence-electron chi connectivity index (χ0n) is 31.7. The average Bonchev–Trinajstić information content (AvgIpc) is 3.82. The highest BCUT2D eigenvalue weighted by Gasteiger charge is 2.46. The fraction of sp³-hybridized carbons (Fsp3) is 0.0175. The average molecular weight is 737 g/mol. The molecular formula is C57H36O. The van der Waals surface area contributed by atoms with Gasteiger partial charge in [0, 0.05) is 22.1 Å². The molecule has 1 aliphatic rings. The van der Waals surface area contributed by atoms with Crippen LogP contribution in [0.2, 0.25) is 0 Å². The Hall–Kier alpha value is -7.48. The van der Waals surface area contributed by atoms with Gasteiger partial charge in [-0.05, 0) is 89.0 Å². The highest BCUT2D eigenvalue weighted by atomic mass is 16.3. The van der Waals surface area contributed by atoms with Crippen LogP contribution in [-0.2, 0) is 5.41 Å². The maximum atomic E-state index is 7.08. The van der Waals surface area contributed by atoms with E-state index in [4.69, 9.17) is 4.42 Å². The molecule has 0 bridgehead atoms. The first-order valence-electron chi connectivity index (χ1n) is 20.1. The molecule has 58 heavy (non-hydrogen) atoms. The lowest BCUT2D eigenvalue weighted by Gasteiger charge is -2.33. The molecule has 1 heterocycles. The maximum Gasteiger partial charge on any atom is 0.143 e. The summed E-state index contributed by atoms with van der Waals surface area (Å²) in [6.07, 6.45) is 0. The van der Waals surface area contributed by atoms with E-state index in [9.17, 15) is 0 Å². The minimum atomic E-state index is -0.465. The molecule has 0 atom stereocenters. The number of hydrogen-bond acceptors (Lipinski definition) is 1. The summed E-state index contributed by atoms with van der Waals surface area (Å²) in [4.78, 5) is 0. The number of para-hydroxylation sites is 1. The van der Waals surface area contributed by atoms with Gasteiger partial charge in [-0.25, -0.2) is 0 Å². The van der Waals surface area contributed by atoms with Crippen molar-refractivity contribution in [1.29, 1.82) is 0 Å². The first kappa shape index (κ1) is 32.7. The van der Waals surface area contributed by atoms with Crippen LogP contribution in [0.1, 0.15) is 22.3 Å². The molecule has 0 fully saturated rings. The van der Waals surface area contributed by atoms with Crippen molar-refractivity contribution in [2.75, 3.05) is 0 Å². The largest absolute Gasteiger partial charge is 0.455 e. The summed E-state index contributed by atoms with van der Waals surface area (Å²) in [7, 11) is 0. The molecule has 11 aromatic rings. The van der Waals surface area contributed by atoms with Gasteiger partial charge < -0.3 is 4.42 Å². The van der Waals surface area contributed by atoms with E-state index >= 15 is 0 Å². The molecule has 1 aliphatic carbocycles. The van der Waals surface area contributed by atoms with Crippen LogP contribution >= 0.6 is 0 Å². The quantitative estimate of drug-likeness (QED) is 0.160. The summed E-state index contributed by atoms with van der Waals surface area (Å²) in [5.74, 6) is 0.881. The van der Waals surface area contributed by atoms with E-state index in [1.807, 2.05) is 0 Å². The van der Waals surface area contributed by atoms with Gasteiger partial charge in [0.2, 0.25) is 0 Å². The van der Waals surface area contributed by atoms with Crippen molar-refractivity contribution in [1.82, 2.24) is 0 Å². The first-order chi connectivity index (χ1) is 28.8. The van der Waals surface area contributed by atoms with Crippen molar-refractivity contribution in [2.45, 2.75) is 5.41 Å². The molecule has 1 aromatic heterocycles. The van der Waals surface area contributed by atoms with Crippen LogP contribution in [0.3, 0.4) is 0 Å². The number of fused-ring (bicyclic) bond motifs is 7. The van der Waals surface area contributed by atoms with Crippen molar-refractivity contribution in [2.24, 2.45) is 0 Å². The second kappa shape index (κ2) is 12.8. The van der Waals surface area contributed by atoms with Gasteiger partial charge in [0.05, 0.1) is 5.41 Å². The molecule has 1 nitrogen and oxygen atoms in total. The lowest BCUT2D eigenvalue weighted by molar-refractivity contribution is 0.632. The zero-order chi connectivity index (χ0) is 38.2. The van der Waals surface area contributed by atoms with Gasteiger partial charge in [-0.15, -0.1) is 0 Å². The lowest BCUT2D eigenvalue weighted by atomic mass is 9.67. The van der Waals surface area contributed by atoms with Crippen molar-refractivity contribution in [3.8, 4) is 44.7 Å². The summed E-state index contributed by atoms with van der Waals surface area (Å²) >= 11 is 0. The molecule has 270 valence electrons. The van der Waals surface area contributed by atoms with Crippen molar-refractivity contribution in [3.63, 3.8) is 0 Å². The van der Waals surface area contributed by atoms with Gasteiger partial charge >= 0.3 is 0 Å². The van der Waals surface area contributed by atoms with Crippen LogP contribution in [0.4, 0.5) is 0 Å². The molecule has 0 unspecified atom stereocenters. The molecule has 1 heteroatoms. The van der Waals surface area contributed by atoms with E-state index in [1.165, 1.54) is 82.4 Å². The molecule has 0 saturated carbocycles. The summed E-state index contributed by atoms with van der Waals surface area (Å²) in [5.41, 5.74) is 13.9. The van der Waals surface area contributed by atoms with Crippen LogP contribution in [0, 0.1) is 0 Å². The van der Waals surface area contributed by atoms with Gasteiger partial charge in [0.15, 0.2) is 0 Å². The number of benzene rings is 10. The van der Waals surface area contributed by atoms with E-state index in [0.29, 0.717) is 0 Å². The Kier molecular flexibility index (Phi) is 7.21. The summed E-state index contributed by atoms with van der Waals surface area (Å²) in [5, 5.41) is 8.45. The number of furan rings is 1. The van der Waals surface area contributed by atoms with Crippen molar-refractivity contribution in [3.05, 3.63) is 241 Å². The lowest BCUT2D eigenvalue weighted by Crippen LogP contribution is -2.28. The fourth-order valence-corrected chi connectivity index (χ4v) is 10.2. The molecular weight excluding hydrogens is 701 g/mol. The molecule has 0 aliphatic heterocycles. The molecule has 0 saturated heterocycles. The maximum absolute atomic E-state index is 7.08. The monoisotopic (exact) mass is 736 g/mol. The standard InChI is InChI=1S/C57H36O/c1-3-20-39(21-4-1)57(40-22-5-2-6-23-40)50-32-15-13-25-42(50)49-36-38(34-35-51(49)57)56-55(48-30-14-16-33-52(48)58-56)54-46-28-11-9-26-44(46)53(45-27-10-12-29-47(45)54)43-31-17-19-37-18-7-8-24-41(37)43/h1-36H. The van der Waals surface area contributed by atoms with Crippen LogP contribution in [-0.4, -0.2) is 0 Å².